The van der Waals surface area contributed by atoms with E-state index in [0.29, 0.717) is 18.9 Å². The van der Waals surface area contributed by atoms with Crippen molar-refractivity contribution in [3.05, 3.63) is 54.6 Å². The largest absolute Gasteiger partial charge is 0.370 e. The van der Waals surface area contributed by atoms with Crippen LogP contribution in [0, 0.1) is 0 Å². The fourth-order valence-electron chi connectivity index (χ4n) is 3.09. The van der Waals surface area contributed by atoms with Gasteiger partial charge in [0.2, 0.25) is 5.95 Å². The number of aliphatic imine (C=N–C) groups is 1. The van der Waals surface area contributed by atoms with Gasteiger partial charge in [-0.05, 0) is 28.6 Å². The summed E-state index contributed by atoms with van der Waals surface area (Å²) in [6.07, 6.45) is 4.13. The van der Waals surface area contributed by atoms with Crippen molar-refractivity contribution in [1.29, 1.82) is 0 Å². The predicted octanol–water partition coefficient (Wildman–Crippen LogP) is 0.132. The summed E-state index contributed by atoms with van der Waals surface area (Å²) in [6.45, 7) is 3.73. The van der Waals surface area contributed by atoms with E-state index < -0.39 is 0 Å². The van der Waals surface area contributed by atoms with E-state index in [0.717, 1.165) is 43.6 Å². The van der Waals surface area contributed by atoms with Crippen LogP contribution in [-0.4, -0.2) is 73.8 Å². The first-order valence-corrected chi connectivity index (χ1v) is 9.21. The Hall–Kier alpha value is -3.56. The Kier molecular flexibility index (Phi) is 5.36. The predicted molar refractivity (Wildman–Crippen MR) is 105 cm³/mol. The van der Waals surface area contributed by atoms with E-state index in [1.165, 1.54) is 0 Å². The number of nitrogens with two attached hydrogens (primary N) is 1. The average molecular weight is 378 g/mol. The molecule has 1 aliphatic heterocycles. The second-order valence-corrected chi connectivity index (χ2v) is 6.36. The maximum Gasteiger partial charge on any atom is 0.225 e. The fraction of sp³-hybridized carbons (Fsp3) is 0.333. The Morgan fingerprint density at radius 1 is 1.00 bits per heavy atom. The van der Waals surface area contributed by atoms with Gasteiger partial charge in [-0.2, -0.15) is 4.68 Å². The van der Waals surface area contributed by atoms with Crippen LogP contribution >= 0.6 is 0 Å². The molecule has 0 unspecified atom stereocenters. The zero-order valence-corrected chi connectivity index (χ0v) is 15.5. The van der Waals surface area contributed by atoms with E-state index in [2.05, 4.69) is 40.3 Å². The van der Waals surface area contributed by atoms with Gasteiger partial charge in [0.25, 0.3) is 0 Å². The lowest BCUT2D eigenvalue weighted by atomic mass is 10.3. The number of guanidine groups is 1. The molecule has 0 amide bonds. The number of nitrogens with zero attached hydrogens (tertiary/aromatic N) is 9. The lowest BCUT2D eigenvalue weighted by molar-refractivity contribution is 0.378. The third-order valence-electron chi connectivity index (χ3n) is 4.58. The fourth-order valence-corrected chi connectivity index (χ4v) is 3.09. The molecule has 10 heteroatoms. The Bertz CT molecular complexity index is 900. The molecule has 0 atom stereocenters. The van der Waals surface area contributed by atoms with E-state index in [-0.39, 0.29) is 0 Å². The van der Waals surface area contributed by atoms with Crippen LogP contribution in [0.2, 0.25) is 0 Å². The van der Waals surface area contributed by atoms with Crippen molar-refractivity contribution in [3.63, 3.8) is 0 Å². The molecule has 1 aromatic carbocycles. The van der Waals surface area contributed by atoms with Gasteiger partial charge in [-0.15, -0.1) is 5.10 Å². The summed E-state index contributed by atoms with van der Waals surface area (Å²) >= 11 is 0. The molecule has 2 N–H and O–H groups in total. The molecular weight excluding hydrogens is 356 g/mol. The highest BCUT2D eigenvalue weighted by atomic mass is 15.5. The molecule has 0 radical (unpaired) electrons. The minimum atomic E-state index is 0.529. The minimum Gasteiger partial charge on any atom is -0.370 e. The van der Waals surface area contributed by atoms with Gasteiger partial charge in [-0.3, -0.25) is 4.99 Å². The Morgan fingerprint density at radius 3 is 2.50 bits per heavy atom. The maximum absolute atomic E-state index is 6.19. The van der Waals surface area contributed by atoms with Gasteiger partial charge >= 0.3 is 0 Å². The van der Waals surface area contributed by atoms with Crippen molar-refractivity contribution in [2.45, 2.75) is 6.42 Å². The van der Waals surface area contributed by atoms with Crippen molar-refractivity contribution in [2.24, 2.45) is 10.7 Å². The number of tetrazole rings is 1. The van der Waals surface area contributed by atoms with Gasteiger partial charge in [-0.25, -0.2) is 9.97 Å². The summed E-state index contributed by atoms with van der Waals surface area (Å²) in [6, 6.07) is 11.6. The van der Waals surface area contributed by atoms with E-state index >= 15 is 0 Å². The van der Waals surface area contributed by atoms with Gasteiger partial charge < -0.3 is 15.5 Å². The van der Waals surface area contributed by atoms with E-state index in [4.69, 9.17) is 5.73 Å². The number of hydrogen-bond acceptors (Lipinski definition) is 7. The zero-order valence-electron chi connectivity index (χ0n) is 15.5. The van der Waals surface area contributed by atoms with Crippen molar-refractivity contribution in [1.82, 2.24) is 35.1 Å². The summed E-state index contributed by atoms with van der Waals surface area (Å²) < 4.78 is 1.73. The van der Waals surface area contributed by atoms with E-state index in [9.17, 15) is 0 Å². The van der Waals surface area contributed by atoms with Crippen molar-refractivity contribution < 1.29 is 0 Å². The van der Waals surface area contributed by atoms with Gasteiger partial charge in [0.15, 0.2) is 11.8 Å². The lowest BCUT2D eigenvalue weighted by Crippen LogP contribution is -2.51. The molecule has 1 saturated heterocycles. The molecule has 0 spiro atoms. The molecule has 144 valence electrons. The van der Waals surface area contributed by atoms with Crippen LogP contribution in [0.25, 0.3) is 5.69 Å². The molecule has 0 bridgehead atoms. The molecular formula is C18H22N10. The minimum absolute atomic E-state index is 0.529. The van der Waals surface area contributed by atoms with Crippen LogP contribution < -0.4 is 10.6 Å². The quantitative estimate of drug-likeness (QED) is 0.492. The van der Waals surface area contributed by atoms with Crippen LogP contribution in [0.5, 0.6) is 0 Å². The molecule has 1 fully saturated rings. The molecule has 3 heterocycles. The SMILES string of the molecule is NC(=NCCc1nnnn1-c1ccccc1)N1CCN(c2ncccn2)CC1. The van der Waals surface area contributed by atoms with E-state index in [1.54, 1.807) is 17.1 Å². The molecule has 28 heavy (non-hydrogen) atoms. The Morgan fingerprint density at radius 2 is 1.75 bits per heavy atom. The highest BCUT2D eigenvalue weighted by molar-refractivity contribution is 5.78. The van der Waals surface area contributed by atoms with Crippen molar-refractivity contribution in [3.8, 4) is 5.69 Å². The standard InChI is InChI=1S/C18H22N10/c19-17(26-11-13-27(14-12-26)18-21-8-4-9-22-18)20-10-7-16-23-24-25-28(16)15-5-2-1-3-6-15/h1-6,8-9H,7,10-14H2,(H2,19,20). The smallest absolute Gasteiger partial charge is 0.225 e. The van der Waals surface area contributed by atoms with Gasteiger partial charge in [-0.1, -0.05) is 18.2 Å². The molecule has 1 aliphatic rings. The summed E-state index contributed by atoms with van der Waals surface area (Å²) in [5.74, 6) is 2.06. The Balaban J connectivity index is 1.31. The van der Waals surface area contributed by atoms with Crippen LogP contribution in [-0.2, 0) is 6.42 Å². The van der Waals surface area contributed by atoms with Crippen LogP contribution in [0.15, 0.2) is 53.8 Å². The van der Waals surface area contributed by atoms with Crippen molar-refractivity contribution >= 4 is 11.9 Å². The third kappa shape index (κ3) is 4.05. The van der Waals surface area contributed by atoms with Gasteiger partial charge in [0.05, 0.1) is 5.69 Å². The number of hydrogen-bond donors (Lipinski definition) is 1. The van der Waals surface area contributed by atoms with Crippen molar-refractivity contribution in [2.75, 3.05) is 37.6 Å². The summed E-state index contributed by atoms with van der Waals surface area (Å²) in [7, 11) is 0. The second-order valence-electron chi connectivity index (χ2n) is 6.36. The number of para-hydroxylation sites is 1. The first kappa shape index (κ1) is 17.8. The van der Waals surface area contributed by atoms with Crippen LogP contribution in [0.1, 0.15) is 5.82 Å². The normalized spacial score (nSPS) is 15.1. The topological polar surface area (TPSA) is 114 Å². The number of rotatable bonds is 5. The highest BCUT2D eigenvalue weighted by Crippen LogP contribution is 2.10. The summed E-state index contributed by atoms with van der Waals surface area (Å²) in [5, 5.41) is 11.9. The Labute approximate surface area is 162 Å². The summed E-state index contributed by atoms with van der Waals surface area (Å²) in [5.41, 5.74) is 7.12. The number of aromatic nitrogens is 6. The molecule has 0 aliphatic carbocycles. The zero-order chi connectivity index (χ0) is 19.2. The van der Waals surface area contributed by atoms with Crippen LogP contribution in [0.4, 0.5) is 5.95 Å². The number of benzene rings is 1. The monoisotopic (exact) mass is 378 g/mol. The number of piperazine rings is 1. The maximum atomic E-state index is 6.19. The summed E-state index contributed by atoms with van der Waals surface area (Å²) in [4.78, 5) is 17.3. The average Bonchev–Trinajstić information content (AvgIpc) is 3.23. The molecule has 0 saturated carbocycles. The molecule has 2 aromatic heterocycles. The lowest BCUT2D eigenvalue weighted by Gasteiger charge is -2.35. The molecule has 4 rings (SSSR count). The first-order chi connectivity index (χ1) is 13.8. The van der Waals surface area contributed by atoms with Gasteiger partial charge in [0, 0.05) is 51.5 Å². The second kappa shape index (κ2) is 8.42. The van der Waals surface area contributed by atoms with Crippen LogP contribution in [0.3, 0.4) is 0 Å². The molecule has 3 aromatic rings. The highest BCUT2D eigenvalue weighted by Gasteiger charge is 2.19. The number of anilines is 1. The van der Waals surface area contributed by atoms with Gasteiger partial charge in [0.1, 0.15) is 0 Å². The first-order valence-electron chi connectivity index (χ1n) is 9.21. The molecule has 10 nitrogen and oxygen atoms in total. The third-order valence-corrected chi connectivity index (χ3v) is 4.58. The van der Waals surface area contributed by atoms with E-state index in [1.807, 2.05) is 36.4 Å².